The largest absolute Gasteiger partial charge is 0.232 e. The smallest absolute Gasteiger partial charge is 0.214 e. The monoisotopic (exact) mass is 131 g/mol. The summed E-state index contributed by atoms with van der Waals surface area (Å²) in [6.45, 7) is 0. The van der Waals surface area contributed by atoms with E-state index in [-0.39, 0.29) is 0 Å². The lowest BCUT2D eigenvalue weighted by atomic mass is 10.8. The normalized spacial score (nSPS) is 13.6. The Morgan fingerprint density at radius 2 is 2.50 bits per heavy atom. The lowest BCUT2D eigenvalue weighted by Crippen LogP contribution is -2.13. The highest BCUT2D eigenvalue weighted by molar-refractivity contribution is 7.80. The third kappa shape index (κ3) is 0.932. The molecule has 0 amide bonds. The van der Waals surface area contributed by atoms with Crippen molar-refractivity contribution >= 4 is 11.2 Å². The lowest BCUT2D eigenvalue weighted by molar-refractivity contribution is 0.672. The van der Waals surface area contributed by atoms with E-state index in [0.29, 0.717) is 0 Å². The molecule has 0 aliphatic rings. The third-order valence-electron chi connectivity index (χ3n) is 0.664. The fourth-order valence-electron chi connectivity index (χ4n) is 0.361. The summed E-state index contributed by atoms with van der Waals surface area (Å²) in [5, 5.41) is 8.54. The molecular formula is C3H5N3OS. The molecule has 4 nitrogen and oxygen atoms in total. The van der Waals surface area contributed by atoms with Gasteiger partial charge in [-0.1, -0.05) is 0 Å². The zero-order chi connectivity index (χ0) is 5.98. The molecule has 0 aliphatic carbocycles. The van der Waals surface area contributed by atoms with Crippen LogP contribution in [0, 0.1) is 0 Å². The van der Waals surface area contributed by atoms with Crippen LogP contribution in [0.2, 0.25) is 0 Å². The van der Waals surface area contributed by atoms with Crippen molar-refractivity contribution in [1.82, 2.24) is 9.19 Å². The van der Waals surface area contributed by atoms with Crippen molar-refractivity contribution in [1.29, 1.82) is 0 Å². The summed E-state index contributed by atoms with van der Waals surface area (Å²) < 4.78 is 11.5. The van der Waals surface area contributed by atoms with E-state index in [1.54, 1.807) is 6.07 Å². The molecule has 1 rings (SSSR count). The molecule has 0 bridgehead atoms. The predicted octanol–water partition coefficient (Wildman–Crippen LogP) is -0.731. The minimum atomic E-state index is -1.49. The topological polar surface area (TPSA) is 60.9 Å². The highest BCUT2D eigenvalue weighted by Crippen LogP contribution is 1.80. The first-order valence-corrected chi connectivity index (χ1v) is 3.14. The molecule has 1 aromatic rings. The molecular weight excluding hydrogens is 126 g/mol. The van der Waals surface area contributed by atoms with Gasteiger partial charge in [-0.15, -0.1) is 0 Å². The second-order valence-corrected chi connectivity index (χ2v) is 2.11. The SMILES string of the molecule is NS(=O)n1cccn1. The van der Waals surface area contributed by atoms with Crippen LogP contribution < -0.4 is 5.14 Å². The van der Waals surface area contributed by atoms with Gasteiger partial charge < -0.3 is 0 Å². The standard InChI is InChI=1S/C3H5N3OS/c4-8(7)6-3-1-2-5-6/h1-3H,4H2. The molecule has 0 radical (unpaired) electrons. The van der Waals surface area contributed by atoms with Gasteiger partial charge in [-0.05, 0) is 6.07 Å². The molecule has 0 aliphatic heterocycles. The van der Waals surface area contributed by atoms with Gasteiger partial charge in [0, 0.05) is 6.20 Å². The first kappa shape index (κ1) is 5.46. The second-order valence-electron chi connectivity index (χ2n) is 1.18. The van der Waals surface area contributed by atoms with Crippen LogP contribution in [0.25, 0.3) is 0 Å². The van der Waals surface area contributed by atoms with Crippen molar-refractivity contribution in [2.45, 2.75) is 0 Å². The quantitative estimate of drug-likeness (QED) is 0.546. The molecule has 0 fully saturated rings. The van der Waals surface area contributed by atoms with Crippen LogP contribution in [0.3, 0.4) is 0 Å². The average Bonchev–Trinajstić information content (AvgIpc) is 2.12. The second kappa shape index (κ2) is 2.06. The van der Waals surface area contributed by atoms with Gasteiger partial charge in [0.15, 0.2) is 0 Å². The van der Waals surface area contributed by atoms with Crippen LogP contribution >= 0.6 is 0 Å². The average molecular weight is 131 g/mol. The first-order valence-electron chi connectivity index (χ1n) is 1.97. The number of hydrogen-bond acceptors (Lipinski definition) is 2. The minimum absolute atomic E-state index is 1.17. The highest BCUT2D eigenvalue weighted by Gasteiger charge is 1.89. The number of rotatable bonds is 1. The molecule has 44 valence electrons. The molecule has 1 unspecified atom stereocenters. The molecule has 8 heavy (non-hydrogen) atoms. The van der Waals surface area contributed by atoms with E-state index >= 15 is 0 Å². The maximum Gasteiger partial charge on any atom is 0.214 e. The zero-order valence-electron chi connectivity index (χ0n) is 4.02. The van der Waals surface area contributed by atoms with Gasteiger partial charge in [0.25, 0.3) is 0 Å². The van der Waals surface area contributed by atoms with Gasteiger partial charge in [-0.3, -0.25) is 0 Å². The number of aromatic nitrogens is 2. The maximum atomic E-state index is 10.3. The van der Waals surface area contributed by atoms with E-state index in [9.17, 15) is 4.21 Å². The molecule has 1 heterocycles. The Kier molecular flexibility index (Phi) is 1.40. The number of hydrogen-bond donors (Lipinski definition) is 1. The molecule has 1 atom stereocenters. The van der Waals surface area contributed by atoms with Gasteiger partial charge in [-0.25, -0.2) is 9.35 Å². The minimum Gasteiger partial charge on any atom is -0.232 e. The van der Waals surface area contributed by atoms with E-state index in [1.165, 1.54) is 16.5 Å². The zero-order valence-corrected chi connectivity index (χ0v) is 4.84. The van der Waals surface area contributed by atoms with Crippen molar-refractivity contribution in [2.24, 2.45) is 5.14 Å². The van der Waals surface area contributed by atoms with Crippen LogP contribution in [-0.2, 0) is 11.2 Å². The summed E-state index contributed by atoms with van der Waals surface area (Å²) in [4.78, 5) is 0. The van der Waals surface area contributed by atoms with Crippen LogP contribution in [0.1, 0.15) is 0 Å². The highest BCUT2D eigenvalue weighted by atomic mass is 32.2. The van der Waals surface area contributed by atoms with Crippen molar-refractivity contribution in [2.75, 3.05) is 0 Å². The molecule has 0 aromatic carbocycles. The first-order chi connectivity index (χ1) is 3.80. The summed E-state index contributed by atoms with van der Waals surface area (Å²) in [5.41, 5.74) is 0. The number of nitrogens with zero attached hydrogens (tertiary/aromatic N) is 2. The van der Waals surface area contributed by atoms with Gasteiger partial charge >= 0.3 is 0 Å². The van der Waals surface area contributed by atoms with E-state index in [0.717, 1.165) is 0 Å². The molecule has 0 spiro atoms. The van der Waals surface area contributed by atoms with Crippen molar-refractivity contribution in [3.8, 4) is 0 Å². The van der Waals surface area contributed by atoms with Crippen LogP contribution in [0.4, 0.5) is 0 Å². The Balaban J connectivity index is 2.93. The van der Waals surface area contributed by atoms with Crippen molar-refractivity contribution in [3.63, 3.8) is 0 Å². The van der Waals surface area contributed by atoms with E-state index in [4.69, 9.17) is 5.14 Å². The number of nitrogens with two attached hydrogens (primary N) is 1. The molecule has 0 saturated heterocycles. The summed E-state index contributed by atoms with van der Waals surface area (Å²) in [7, 11) is 0. The van der Waals surface area contributed by atoms with E-state index in [2.05, 4.69) is 5.10 Å². The molecule has 5 heteroatoms. The van der Waals surface area contributed by atoms with Gasteiger partial charge in [0.2, 0.25) is 11.2 Å². The Hall–Kier alpha value is -0.680. The molecule has 1 aromatic heterocycles. The van der Waals surface area contributed by atoms with Crippen molar-refractivity contribution < 1.29 is 4.21 Å². The molecule has 2 N–H and O–H groups in total. The predicted molar refractivity (Wildman–Crippen MR) is 30.0 cm³/mol. The van der Waals surface area contributed by atoms with E-state index < -0.39 is 11.2 Å². The Labute approximate surface area is 49.0 Å². The van der Waals surface area contributed by atoms with Crippen LogP contribution in [-0.4, -0.2) is 13.4 Å². The Morgan fingerprint density at radius 1 is 1.75 bits per heavy atom. The molecule has 0 saturated carbocycles. The third-order valence-corrected chi connectivity index (χ3v) is 1.25. The van der Waals surface area contributed by atoms with Gasteiger partial charge in [-0.2, -0.15) is 9.19 Å². The Morgan fingerprint density at radius 3 is 2.75 bits per heavy atom. The summed E-state index contributed by atoms with van der Waals surface area (Å²) in [6, 6.07) is 1.66. The Bertz CT molecular complexity index is 182. The van der Waals surface area contributed by atoms with Crippen LogP contribution in [0.5, 0.6) is 0 Å². The summed E-state index contributed by atoms with van der Waals surface area (Å²) >= 11 is -1.49. The maximum absolute atomic E-state index is 10.3. The summed E-state index contributed by atoms with van der Waals surface area (Å²) in [6.07, 6.45) is 3.06. The van der Waals surface area contributed by atoms with E-state index in [1.807, 2.05) is 0 Å². The fraction of sp³-hybridized carbons (Fsp3) is 0. The fourth-order valence-corrected chi connectivity index (χ4v) is 0.699. The summed E-state index contributed by atoms with van der Waals surface area (Å²) in [5.74, 6) is 0. The van der Waals surface area contributed by atoms with Crippen molar-refractivity contribution in [3.05, 3.63) is 18.5 Å². The van der Waals surface area contributed by atoms with Gasteiger partial charge in [0.1, 0.15) is 0 Å². The lowest BCUT2D eigenvalue weighted by Gasteiger charge is -1.88. The van der Waals surface area contributed by atoms with Crippen LogP contribution in [0.15, 0.2) is 18.5 Å². The van der Waals surface area contributed by atoms with Gasteiger partial charge in [0.05, 0.1) is 6.20 Å².